The highest BCUT2D eigenvalue weighted by Gasteiger charge is 2.20. The zero-order valence-electron chi connectivity index (χ0n) is 8.36. The summed E-state index contributed by atoms with van der Waals surface area (Å²) in [5, 5.41) is 0.553. The first-order valence-corrected chi connectivity index (χ1v) is 4.08. The Morgan fingerprint density at radius 3 is 2.53 bits per heavy atom. The molecular weight excluding hydrogens is 203 g/mol. The molecule has 15 heavy (non-hydrogen) atoms. The highest BCUT2D eigenvalue weighted by molar-refractivity contribution is 5.94. The van der Waals surface area contributed by atoms with E-state index in [4.69, 9.17) is 5.73 Å². The Kier molecular flexibility index (Phi) is 3.59. The maximum absolute atomic E-state index is 13.4. The average Bonchev–Trinajstić information content (AvgIpc) is 2.23. The van der Waals surface area contributed by atoms with Crippen LogP contribution in [0.15, 0.2) is 18.2 Å². The second kappa shape index (κ2) is 4.72. The van der Waals surface area contributed by atoms with Gasteiger partial charge < -0.3 is 5.73 Å². The molecule has 0 spiro atoms. The van der Waals surface area contributed by atoms with Gasteiger partial charge in [-0.2, -0.15) is 0 Å². The lowest BCUT2D eigenvalue weighted by molar-refractivity contribution is -0.299. The van der Waals surface area contributed by atoms with Crippen molar-refractivity contribution in [2.24, 2.45) is 0 Å². The number of halogens is 1. The summed E-state index contributed by atoms with van der Waals surface area (Å²) < 4.78 is 13.4. The molecule has 0 unspecified atom stereocenters. The van der Waals surface area contributed by atoms with Gasteiger partial charge in [0.15, 0.2) is 5.82 Å². The van der Waals surface area contributed by atoms with Crippen molar-refractivity contribution in [3.05, 3.63) is 29.6 Å². The second-order valence-electron chi connectivity index (χ2n) is 2.64. The predicted molar refractivity (Wildman–Crippen MR) is 51.0 cm³/mol. The maximum Gasteiger partial charge on any atom is 0.306 e. The van der Waals surface area contributed by atoms with Gasteiger partial charge in [0, 0.05) is 0 Å². The molecule has 2 N–H and O–H groups in total. The number of rotatable bonds is 3. The van der Waals surface area contributed by atoms with Crippen LogP contribution in [0.2, 0.25) is 0 Å². The molecule has 82 valence electrons. The van der Waals surface area contributed by atoms with Crippen LogP contribution in [-0.4, -0.2) is 25.4 Å². The number of nitrogens with two attached hydrogens (primary N) is 1. The third kappa shape index (κ3) is 2.23. The highest BCUT2D eigenvalue weighted by Crippen LogP contribution is 2.16. The van der Waals surface area contributed by atoms with E-state index in [0.717, 1.165) is 0 Å². The first-order valence-electron chi connectivity index (χ1n) is 4.08. The van der Waals surface area contributed by atoms with E-state index in [2.05, 4.69) is 9.68 Å². The number of carbonyl (C=O) groups excluding carboxylic acids is 1. The number of benzene rings is 1. The molecule has 1 amide bonds. The quantitative estimate of drug-likeness (QED) is 0.601. The summed E-state index contributed by atoms with van der Waals surface area (Å²) in [6.07, 6.45) is 0. The molecule has 0 radical (unpaired) electrons. The molecule has 0 saturated carbocycles. The van der Waals surface area contributed by atoms with E-state index in [9.17, 15) is 9.18 Å². The van der Waals surface area contributed by atoms with Crippen LogP contribution in [-0.2, 0) is 9.68 Å². The predicted octanol–water partition coefficient (Wildman–Crippen LogP) is 0.973. The van der Waals surface area contributed by atoms with Gasteiger partial charge in [-0.15, -0.1) is 0 Å². The molecule has 0 atom stereocenters. The van der Waals surface area contributed by atoms with Crippen molar-refractivity contribution < 1.29 is 18.9 Å². The minimum absolute atomic E-state index is 0.104. The molecule has 1 aromatic carbocycles. The van der Waals surface area contributed by atoms with Gasteiger partial charge in [-0.05, 0) is 12.1 Å². The summed E-state index contributed by atoms with van der Waals surface area (Å²) in [6.45, 7) is 0. The fourth-order valence-corrected chi connectivity index (χ4v) is 1.05. The Morgan fingerprint density at radius 1 is 1.40 bits per heavy atom. The van der Waals surface area contributed by atoms with E-state index < -0.39 is 11.7 Å². The Balaban J connectivity index is 3.05. The van der Waals surface area contributed by atoms with Crippen LogP contribution in [0.3, 0.4) is 0 Å². The first-order chi connectivity index (χ1) is 7.11. The second-order valence-corrected chi connectivity index (χ2v) is 2.64. The molecule has 0 bridgehead atoms. The number of nitrogen functional groups attached to an aromatic ring is 1. The fraction of sp³-hybridized carbons (Fsp3) is 0.222. The summed E-state index contributed by atoms with van der Waals surface area (Å²) >= 11 is 0. The van der Waals surface area contributed by atoms with Crippen LogP contribution >= 0.6 is 0 Å². The average molecular weight is 214 g/mol. The Morgan fingerprint density at radius 2 is 2.00 bits per heavy atom. The summed E-state index contributed by atoms with van der Waals surface area (Å²) in [7, 11) is 2.46. The van der Waals surface area contributed by atoms with Crippen molar-refractivity contribution >= 4 is 11.6 Å². The zero-order chi connectivity index (χ0) is 11.4. The molecule has 0 aliphatic rings. The van der Waals surface area contributed by atoms with Crippen molar-refractivity contribution in [1.82, 2.24) is 5.23 Å². The van der Waals surface area contributed by atoms with Gasteiger partial charge in [0.2, 0.25) is 0 Å². The topological polar surface area (TPSA) is 64.8 Å². The number of nitrogens with zero attached hydrogens (tertiary/aromatic N) is 1. The summed E-state index contributed by atoms with van der Waals surface area (Å²) in [6, 6.07) is 4.12. The lowest BCUT2D eigenvalue weighted by atomic mass is 10.2. The Bertz CT molecular complexity index is 366. The van der Waals surface area contributed by atoms with E-state index in [1.54, 1.807) is 0 Å². The molecule has 0 fully saturated rings. The van der Waals surface area contributed by atoms with Gasteiger partial charge in [-0.25, -0.2) is 14.1 Å². The highest BCUT2D eigenvalue weighted by atomic mass is 19.1. The normalized spacial score (nSPS) is 10.1. The van der Waals surface area contributed by atoms with Gasteiger partial charge >= 0.3 is 5.91 Å². The number of anilines is 1. The third-order valence-electron chi connectivity index (χ3n) is 1.76. The molecule has 1 aromatic rings. The van der Waals surface area contributed by atoms with Crippen LogP contribution in [0.25, 0.3) is 0 Å². The molecule has 6 heteroatoms. The molecule has 0 saturated heterocycles. The zero-order valence-corrected chi connectivity index (χ0v) is 8.36. The number of hydrogen-bond donors (Lipinski definition) is 1. The van der Waals surface area contributed by atoms with Gasteiger partial charge in [0.25, 0.3) is 0 Å². The molecule has 0 aromatic heterocycles. The molecule has 0 aliphatic carbocycles. The van der Waals surface area contributed by atoms with Crippen molar-refractivity contribution in [2.45, 2.75) is 0 Å². The Hall–Kier alpha value is -1.66. The number of hydroxylamine groups is 2. The lowest BCUT2D eigenvalue weighted by Crippen LogP contribution is -2.29. The lowest BCUT2D eigenvalue weighted by Gasteiger charge is -2.16. The largest absolute Gasteiger partial charge is 0.396 e. The Labute approximate surface area is 86.1 Å². The van der Waals surface area contributed by atoms with Crippen molar-refractivity contribution in [2.75, 3.05) is 20.0 Å². The summed E-state index contributed by atoms with van der Waals surface area (Å²) in [5.74, 6) is -1.55. The number of carbonyl (C=O) groups is 1. The van der Waals surface area contributed by atoms with Crippen LogP contribution < -0.4 is 5.73 Å². The van der Waals surface area contributed by atoms with Gasteiger partial charge in [-0.3, -0.25) is 4.79 Å². The minimum atomic E-state index is -0.790. The number of amides is 1. The van der Waals surface area contributed by atoms with Crippen LogP contribution in [0.1, 0.15) is 10.4 Å². The first kappa shape index (κ1) is 11.4. The number of hydrogen-bond acceptors (Lipinski definition) is 4. The molecule has 5 nitrogen and oxygen atoms in total. The summed E-state index contributed by atoms with van der Waals surface area (Å²) in [5.41, 5.74) is 5.00. The van der Waals surface area contributed by atoms with E-state index in [-0.39, 0.29) is 11.3 Å². The molecule has 1 rings (SSSR count). The van der Waals surface area contributed by atoms with E-state index in [1.807, 2.05) is 0 Å². The van der Waals surface area contributed by atoms with Gasteiger partial charge in [-0.1, -0.05) is 11.3 Å². The molecule has 0 heterocycles. The molecule has 0 aliphatic heterocycles. The maximum atomic E-state index is 13.4. The van der Waals surface area contributed by atoms with Gasteiger partial charge in [0.05, 0.1) is 25.5 Å². The van der Waals surface area contributed by atoms with Crippen molar-refractivity contribution in [1.29, 1.82) is 0 Å². The van der Waals surface area contributed by atoms with E-state index in [1.165, 1.54) is 32.4 Å². The van der Waals surface area contributed by atoms with Crippen LogP contribution in [0, 0.1) is 5.82 Å². The van der Waals surface area contributed by atoms with Crippen molar-refractivity contribution in [3.63, 3.8) is 0 Å². The van der Waals surface area contributed by atoms with Crippen LogP contribution in [0.4, 0.5) is 10.1 Å². The third-order valence-corrected chi connectivity index (χ3v) is 1.76. The minimum Gasteiger partial charge on any atom is -0.396 e. The van der Waals surface area contributed by atoms with Crippen molar-refractivity contribution in [3.8, 4) is 0 Å². The summed E-state index contributed by atoms with van der Waals surface area (Å²) in [4.78, 5) is 20.7. The van der Waals surface area contributed by atoms with E-state index in [0.29, 0.717) is 5.23 Å². The standard InChI is InChI=1S/C9H11FN2O3/c1-14-12(15-2)9(13)6-4-3-5-7(11)8(6)10/h3-5H,11H2,1-2H3. The SMILES string of the molecule is CON(OC)C(=O)c1cccc(N)c1F. The monoisotopic (exact) mass is 214 g/mol. The van der Waals surface area contributed by atoms with Gasteiger partial charge in [0.1, 0.15) is 0 Å². The molecular formula is C9H11FN2O3. The van der Waals surface area contributed by atoms with Crippen LogP contribution in [0.5, 0.6) is 0 Å². The fourth-order valence-electron chi connectivity index (χ4n) is 1.05. The smallest absolute Gasteiger partial charge is 0.306 e. The van der Waals surface area contributed by atoms with E-state index >= 15 is 0 Å².